The van der Waals surface area contributed by atoms with E-state index in [2.05, 4.69) is 50.8 Å². The van der Waals surface area contributed by atoms with E-state index in [0.717, 1.165) is 53.7 Å². The number of likely N-dealkylation sites (tertiary alicyclic amines) is 1. The number of carbonyl (C=O) groups is 1. The molecule has 4 nitrogen and oxygen atoms in total. The lowest BCUT2D eigenvalue weighted by molar-refractivity contribution is 0.0782. The van der Waals surface area contributed by atoms with Crippen molar-refractivity contribution >= 4 is 17.2 Å². The molecule has 0 aliphatic carbocycles. The van der Waals surface area contributed by atoms with Gasteiger partial charge in [0, 0.05) is 24.7 Å². The van der Waals surface area contributed by atoms with Crippen molar-refractivity contribution in [3.8, 4) is 10.6 Å². The third kappa shape index (κ3) is 3.69. The van der Waals surface area contributed by atoms with Gasteiger partial charge >= 0.3 is 0 Å². The van der Waals surface area contributed by atoms with Gasteiger partial charge in [-0.2, -0.15) is 0 Å². The fourth-order valence-electron chi connectivity index (χ4n) is 3.78. The van der Waals surface area contributed by atoms with Crippen molar-refractivity contribution in [2.75, 3.05) is 26.2 Å². The van der Waals surface area contributed by atoms with Gasteiger partial charge in [-0.15, -0.1) is 11.3 Å². The molecule has 140 valence electrons. The van der Waals surface area contributed by atoms with Gasteiger partial charge in [0.05, 0.1) is 5.69 Å². The van der Waals surface area contributed by atoms with Crippen molar-refractivity contribution in [2.45, 2.75) is 47.1 Å². The zero-order valence-electron chi connectivity index (χ0n) is 16.5. The van der Waals surface area contributed by atoms with Crippen LogP contribution in [0.4, 0.5) is 0 Å². The summed E-state index contributed by atoms with van der Waals surface area (Å²) in [6.07, 6.45) is 1.06. The second-order valence-corrected chi connectivity index (χ2v) is 8.17. The van der Waals surface area contributed by atoms with Gasteiger partial charge in [0.15, 0.2) is 0 Å². The SMILES string of the molecule is CCN(CC)C1CCN(C(=O)c2sc(-c3cc(C)ccc3C)nc2C)C1. The monoisotopic (exact) mass is 371 g/mol. The highest BCUT2D eigenvalue weighted by atomic mass is 32.1. The molecule has 1 aromatic heterocycles. The number of aryl methyl sites for hydroxylation is 3. The van der Waals surface area contributed by atoms with E-state index in [9.17, 15) is 4.79 Å². The number of nitrogens with zero attached hydrogens (tertiary/aromatic N) is 3. The summed E-state index contributed by atoms with van der Waals surface area (Å²) < 4.78 is 0. The Labute approximate surface area is 160 Å². The van der Waals surface area contributed by atoms with Gasteiger partial charge in [0.1, 0.15) is 9.88 Å². The minimum Gasteiger partial charge on any atom is -0.336 e. The molecule has 1 aliphatic heterocycles. The lowest BCUT2D eigenvalue weighted by Gasteiger charge is -2.26. The van der Waals surface area contributed by atoms with Gasteiger partial charge in [-0.1, -0.05) is 31.5 Å². The molecule has 0 radical (unpaired) electrons. The number of rotatable bonds is 5. The maximum absolute atomic E-state index is 13.1. The molecular formula is C21H29N3OS. The van der Waals surface area contributed by atoms with E-state index in [1.54, 1.807) is 0 Å². The Balaban J connectivity index is 1.81. The largest absolute Gasteiger partial charge is 0.336 e. The molecule has 26 heavy (non-hydrogen) atoms. The average molecular weight is 372 g/mol. The Bertz CT molecular complexity index is 795. The molecule has 2 heterocycles. The quantitative estimate of drug-likeness (QED) is 0.787. The first-order valence-electron chi connectivity index (χ1n) is 9.53. The molecule has 2 aromatic rings. The first-order chi connectivity index (χ1) is 12.4. The van der Waals surface area contributed by atoms with Crippen molar-refractivity contribution in [2.24, 2.45) is 0 Å². The Kier molecular flexibility index (Phi) is 5.78. The molecule has 1 aromatic carbocycles. The van der Waals surface area contributed by atoms with Crippen LogP contribution in [0.15, 0.2) is 18.2 Å². The van der Waals surface area contributed by atoms with Crippen LogP contribution in [0.5, 0.6) is 0 Å². The number of hydrogen-bond acceptors (Lipinski definition) is 4. The highest BCUT2D eigenvalue weighted by molar-refractivity contribution is 7.17. The molecule has 1 atom stereocenters. The van der Waals surface area contributed by atoms with Gasteiger partial charge in [-0.25, -0.2) is 4.98 Å². The van der Waals surface area contributed by atoms with E-state index in [-0.39, 0.29) is 5.91 Å². The maximum Gasteiger partial charge on any atom is 0.265 e. The molecule has 1 fully saturated rings. The van der Waals surface area contributed by atoms with Gasteiger partial charge in [0.25, 0.3) is 5.91 Å². The van der Waals surface area contributed by atoms with Gasteiger partial charge in [-0.05, 0) is 51.9 Å². The summed E-state index contributed by atoms with van der Waals surface area (Å²) in [6.45, 7) is 14.3. The molecule has 1 unspecified atom stereocenters. The Hall–Kier alpha value is -1.72. The van der Waals surface area contributed by atoms with Crippen LogP contribution in [0.2, 0.25) is 0 Å². The van der Waals surface area contributed by atoms with E-state index in [4.69, 9.17) is 4.98 Å². The zero-order chi connectivity index (χ0) is 18.8. The molecule has 0 spiro atoms. The van der Waals surface area contributed by atoms with E-state index in [1.807, 2.05) is 11.8 Å². The maximum atomic E-state index is 13.1. The average Bonchev–Trinajstić information content (AvgIpc) is 3.25. The minimum atomic E-state index is 0.145. The smallest absolute Gasteiger partial charge is 0.265 e. The number of aromatic nitrogens is 1. The molecule has 0 N–H and O–H groups in total. The second-order valence-electron chi connectivity index (χ2n) is 7.17. The summed E-state index contributed by atoms with van der Waals surface area (Å²) in [5, 5.41) is 0.950. The van der Waals surface area contributed by atoms with Gasteiger partial charge in [-0.3, -0.25) is 9.69 Å². The number of amides is 1. The summed E-state index contributed by atoms with van der Waals surface area (Å²) in [7, 11) is 0. The lowest BCUT2D eigenvalue weighted by atomic mass is 10.1. The van der Waals surface area contributed by atoms with Crippen LogP contribution in [-0.2, 0) is 0 Å². The van der Waals surface area contributed by atoms with Crippen LogP contribution in [0.3, 0.4) is 0 Å². The van der Waals surface area contributed by atoms with Crippen LogP contribution < -0.4 is 0 Å². The Morgan fingerprint density at radius 2 is 2.00 bits per heavy atom. The first kappa shape index (κ1) is 19.1. The molecule has 1 saturated heterocycles. The number of likely N-dealkylation sites (N-methyl/N-ethyl adjacent to an activating group) is 1. The summed E-state index contributed by atoms with van der Waals surface area (Å²) >= 11 is 1.54. The fraction of sp³-hybridized carbons (Fsp3) is 0.524. The van der Waals surface area contributed by atoms with Gasteiger partial charge < -0.3 is 4.90 Å². The lowest BCUT2D eigenvalue weighted by Crippen LogP contribution is -2.38. The molecule has 5 heteroatoms. The number of thiazole rings is 1. The normalized spacial score (nSPS) is 17.3. The van der Waals surface area contributed by atoms with Crippen LogP contribution in [-0.4, -0.2) is 52.9 Å². The zero-order valence-corrected chi connectivity index (χ0v) is 17.3. The molecule has 0 saturated carbocycles. The number of hydrogen-bond donors (Lipinski definition) is 0. The molecule has 1 aliphatic rings. The fourth-order valence-corrected chi connectivity index (χ4v) is 4.90. The topological polar surface area (TPSA) is 36.4 Å². The summed E-state index contributed by atoms with van der Waals surface area (Å²) in [5.41, 5.74) is 4.40. The second kappa shape index (κ2) is 7.89. The van der Waals surface area contributed by atoms with Gasteiger partial charge in [0.2, 0.25) is 0 Å². The summed E-state index contributed by atoms with van der Waals surface area (Å²) in [6, 6.07) is 6.88. The van der Waals surface area contributed by atoms with Crippen molar-refractivity contribution in [1.29, 1.82) is 0 Å². The third-order valence-electron chi connectivity index (χ3n) is 5.39. The predicted molar refractivity (Wildman–Crippen MR) is 109 cm³/mol. The minimum absolute atomic E-state index is 0.145. The first-order valence-corrected chi connectivity index (χ1v) is 10.3. The number of carbonyl (C=O) groups excluding carboxylic acids is 1. The Morgan fingerprint density at radius 1 is 1.27 bits per heavy atom. The molecule has 0 bridgehead atoms. The molecule has 3 rings (SSSR count). The van der Waals surface area contributed by atoms with Crippen molar-refractivity contribution < 1.29 is 4.79 Å². The van der Waals surface area contributed by atoms with E-state index in [1.165, 1.54) is 22.5 Å². The van der Waals surface area contributed by atoms with Crippen LogP contribution >= 0.6 is 11.3 Å². The number of benzene rings is 1. The highest BCUT2D eigenvalue weighted by Gasteiger charge is 2.31. The van der Waals surface area contributed by atoms with Crippen LogP contribution in [0.1, 0.15) is 46.8 Å². The molecular weight excluding hydrogens is 342 g/mol. The van der Waals surface area contributed by atoms with Crippen molar-refractivity contribution in [3.05, 3.63) is 39.9 Å². The van der Waals surface area contributed by atoms with Crippen LogP contribution in [0, 0.1) is 20.8 Å². The van der Waals surface area contributed by atoms with E-state index < -0.39 is 0 Å². The standard InChI is InChI=1S/C21H29N3OS/c1-6-23(7-2)17-10-11-24(13-17)21(25)19-16(5)22-20(26-19)18-12-14(3)8-9-15(18)4/h8-9,12,17H,6-7,10-11,13H2,1-5H3. The summed E-state index contributed by atoms with van der Waals surface area (Å²) in [4.78, 5) is 23.1. The summed E-state index contributed by atoms with van der Waals surface area (Å²) in [5.74, 6) is 0.145. The molecule has 1 amide bonds. The highest BCUT2D eigenvalue weighted by Crippen LogP contribution is 2.32. The van der Waals surface area contributed by atoms with Crippen molar-refractivity contribution in [1.82, 2.24) is 14.8 Å². The predicted octanol–water partition coefficient (Wildman–Crippen LogP) is 4.29. The third-order valence-corrected chi connectivity index (χ3v) is 6.57. The van der Waals surface area contributed by atoms with E-state index >= 15 is 0 Å². The van der Waals surface area contributed by atoms with Crippen LogP contribution in [0.25, 0.3) is 10.6 Å². The van der Waals surface area contributed by atoms with Crippen molar-refractivity contribution in [3.63, 3.8) is 0 Å². The Morgan fingerprint density at radius 3 is 2.69 bits per heavy atom. The van der Waals surface area contributed by atoms with E-state index in [0.29, 0.717) is 6.04 Å².